The number of esters is 1. The molecular weight excluding hydrogens is 294 g/mol. The van der Waals surface area contributed by atoms with E-state index in [0.717, 1.165) is 17.8 Å². The minimum Gasteiger partial charge on any atom is -0.461 e. The van der Waals surface area contributed by atoms with Crippen LogP contribution in [0, 0.1) is 0 Å². The lowest BCUT2D eigenvalue weighted by Crippen LogP contribution is -2.30. The van der Waals surface area contributed by atoms with Crippen LogP contribution in [0.1, 0.15) is 47.4 Å². The van der Waals surface area contributed by atoms with E-state index in [-0.39, 0.29) is 35.4 Å². The lowest BCUT2D eigenvalue weighted by atomic mass is 10.3. The number of carbonyl (C=O) groups is 3. The van der Waals surface area contributed by atoms with E-state index in [1.165, 1.54) is 6.92 Å². The van der Waals surface area contributed by atoms with Gasteiger partial charge in [0.05, 0.1) is 13.2 Å². The second-order valence-corrected chi connectivity index (χ2v) is 5.18. The summed E-state index contributed by atoms with van der Waals surface area (Å²) >= 11 is 1.04. The first-order chi connectivity index (χ1) is 9.99. The Balaban J connectivity index is 2.76. The molecule has 0 radical (unpaired) electrons. The number of anilines is 1. The van der Waals surface area contributed by atoms with E-state index in [1.54, 1.807) is 6.92 Å². The fourth-order valence-corrected chi connectivity index (χ4v) is 2.30. The predicted octanol–water partition coefficient (Wildman–Crippen LogP) is 1.46. The second-order valence-electron chi connectivity index (χ2n) is 4.18. The van der Waals surface area contributed by atoms with Gasteiger partial charge in [0.2, 0.25) is 5.91 Å². The van der Waals surface area contributed by atoms with E-state index in [2.05, 4.69) is 15.6 Å². The first kappa shape index (κ1) is 17.1. The fourth-order valence-electron chi connectivity index (χ4n) is 1.45. The summed E-state index contributed by atoms with van der Waals surface area (Å²) in [5.41, 5.74) is -0.00850. The van der Waals surface area contributed by atoms with Gasteiger partial charge in [-0.3, -0.25) is 9.59 Å². The van der Waals surface area contributed by atoms with E-state index in [9.17, 15) is 14.4 Å². The summed E-state index contributed by atoms with van der Waals surface area (Å²) in [5.74, 6) is -1.07. The number of nitrogens with zero attached hydrogens (tertiary/aromatic N) is 1. The van der Waals surface area contributed by atoms with Crippen LogP contribution in [0.4, 0.5) is 5.13 Å². The van der Waals surface area contributed by atoms with Crippen LogP contribution in [0.2, 0.25) is 0 Å². The number of hydrogen-bond acceptors (Lipinski definition) is 7. The van der Waals surface area contributed by atoms with Crippen molar-refractivity contribution >= 4 is 34.1 Å². The number of ketones is 1. The smallest absolute Gasteiger partial charge is 0.358 e. The van der Waals surface area contributed by atoms with Crippen molar-refractivity contribution in [2.45, 2.75) is 27.2 Å². The Morgan fingerprint density at radius 1 is 1.29 bits per heavy atom. The minimum absolute atomic E-state index is 0.00850. The van der Waals surface area contributed by atoms with Crippen molar-refractivity contribution < 1.29 is 19.1 Å². The number of aromatic nitrogens is 1. The molecule has 0 aliphatic heterocycles. The maximum absolute atomic E-state index is 11.7. The molecule has 0 atom stereocenters. The molecule has 0 unspecified atom stereocenters. The molecule has 0 aromatic carbocycles. The van der Waals surface area contributed by atoms with Gasteiger partial charge in [-0.2, -0.15) is 0 Å². The van der Waals surface area contributed by atoms with Crippen molar-refractivity contribution in [1.29, 1.82) is 0 Å². The number of hydrogen-bond donors (Lipinski definition) is 2. The Hall–Kier alpha value is -1.96. The molecule has 0 aliphatic carbocycles. The minimum atomic E-state index is -0.637. The molecule has 21 heavy (non-hydrogen) atoms. The van der Waals surface area contributed by atoms with Gasteiger partial charge >= 0.3 is 5.97 Å². The fraction of sp³-hybridized carbons (Fsp3) is 0.538. The van der Waals surface area contributed by atoms with Gasteiger partial charge in [-0.05, 0) is 13.3 Å². The highest BCUT2D eigenvalue weighted by Crippen LogP contribution is 2.24. The van der Waals surface area contributed by atoms with Crippen molar-refractivity contribution in [2.24, 2.45) is 0 Å². The highest BCUT2D eigenvalue weighted by molar-refractivity contribution is 7.17. The summed E-state index contributed by atoms with van der Waals surface area (Å²) in [7, 11) is 0. The molecule has 2 N–H and O–H groups in total. The average molecular weight is 313 g/mol. The first-order valence-electron chi connectivity index (χ1n) is 6.69. The highest BCUT2D eigenvalue weighted by atomic mass is 32.1. The van der Waals surface area contributed by atoms with Crippen LogP contribution in [-0.2, 0) is 9.53 Å². The molecule has 1 aromatic heterocycles. The number of thiazole rings is 1. The third-order valence-corrected chi connectivity index (χ3v) is 3.50. The molecule has 1 aromatic rings. The van der Waals surface area contributed by atoms with Crippen LogP contribution >= 0.6 is 11.3 Å². The number of ether oxygens (including phenoxy) is 1. The Labute approximate surface area is 127 Å². The standard InChI is InChI=1S/C13H19N3O4S/c1-4-6-14-9(18)7-15-13-16-10(12(19)20-5-2)11(21-13)8(3)17/h4-7H2,1-3H3,(H,14,18)(H,15,16). The summed E-state index contributed by atoms with van der Waals surface area (Å²) < 4.78 is 4.86. The lowest BCUT2D eigenvalue weighted by molar-refractivity contribution is -0.119. The first-order valence-corrected chi connectivity index (χ1v) is 7.50. The Bertz CT molecular complexity index is 527. The van der Waals surface area contributed by atoms with Gasteiger partial charge in [0.15, 0.2) is 16.6 Å². The zero-order valence-corrected chi connectivity index (χ0v) is 13.1. The third-order valence-electron chi connectivity index (χ3n) is 2.39. The van der Waals surface area contributed by atoms with Gasteiger partial charge < -0.3 is 15.4 Å². The zero-order valence-electron chi connectivity index (χ0n) is 12.3. The summed E-state index contributed by atoms with van der Waals surface area (Å²) in [6.07, 6.45) is 0.852. The second kappa shape index (κ2) is 8.35. The summed E-state index contributed by atoms with van der Waals surface area (Å²) in [6.45, 7) is 5.83. The molecule has 1 amide bonds. The number of carbonyl (C=O) groups excluding carboxylic acids is 3. The van der Waals surface area contributed by atoms with Crippen LogP contribution in [0.5, 0.6) is 0 Å². The number of rotatable bonds is 8. The molecule has 0 aliphatic rings. The molecule has 0 saturated heterocycles. The Morgan fingerprint density at radius 3 is 2.57 bits per heavy atom. The maximum atomic E-state index is 11.7. The molecular formula is C13H19N3O4S. The van der Waals surface area contributed by atoms with Crippen LogP contribution in [0.3, 0.4) is 0 Å². The maximum Gasteiger partial charge on any atom is 0.358 e. The van der Waals surface area contributed by atoms with Crippen molar-refractivity contribution in [2.75, 3.05) is 25.0 Å². The summed E-state index contributed by atoms with van der Waals surface area (Å²) in [5, 5.41) is 5.85. The SMILES string of the molecule is CCCNC(=O)CNc1nc(C(=O)OCC)c(C(C)=O)s1. The average Bonchev–Trinajstić information content (AvgIpc) is 2.87. The molecule has 0 spiro atoms. The number of nitrogens with one attached hydrogen (secondary N) is 2. The van der Waals surface area contributed by atoms with Gasteiger partial charge in [-0.15, -0.1) is 0 Å². The predicted molar refractivity (Wildman–Crippen MR) is 79.9 cm³/mol. The number of amides is 1. The van der Waals surface area contributed by atoms with Gasteiger partial charge in [0.1, 0.15) is 4.88 Å². The van der Waals surface area contributed by atoms with Crippen LogP contribution in [0.15, 0.2) is 0 Å². The lowest BCUT2D eigenvalue weighted by Gasteiger charge is -2.03. The molecule has 1 rings (SSSR count). The topological polar surface area (TPSA) is 97.4 Å². The van der Waals surface area contributed by atoms with E-state index < -0.39 is 5.97 Å². The van der Waals surface area contributed by atoms with Crippen molar-refractivity contribution in [3.05, 3.63) is 10.6 Å². The van der Waals surface area contributed by atoms with Crippen molar-refractivity contribution in [1.82, 2.24) is 10.3 Å². The molecule has 7 nitrogen and oxygen atoms in total. The van der Waals surface area contributed by atoms with Crippen LogP contribution < -0.4 is 10.6 Å². The number of Topliss-reactive ketones (excluding diaryl/α,β-unsaturated/α-hetero) is 1. The van der Waals surface area contributed by atoms with Gasteiger partial charge in [-0.25, -0.2) is 9.78 Å². The van der Waals surface area contributed by atoms with E-state index in [1.807, 2.05) is 6.92 Å². The van der Waals surface area contributed by atoms with Gasteiger partial charge in [0.25, 0.3) is 0 Å². The summed E-state index contributed by atoms with van der Waals surface area (Å²) in [6, 6.07) is 0. The van der Waals surface area contributed by atoms with Gasteiger partial charge in [-0.1, -0.05) is 18.3 Å². The molecule has 0 saturated carbocycles. The molecule has 0 bridgehead atoms. The molecule has 0 fully saturated rings. The van der Waals surface area contributed by atoms with E-state index in [0.29, 0.717) is 11.7 Å². The third kappa shape index (κ3) is 5.14. The largest absolute Gasteiger partial charge is 0.461 e. The highest BCUT2D eigenvalue weighted by Gasteiger charge is 2.22. The molecule has 1 heterocycles. The van der Waals surface area contributed by atoms with E-state index in [4.69, 9.17) is 4.74 Å². The normalized spacial score (nSPS) is 10.0. The quantitative estimate of drug-likeness (QED) is 0.557. The molecule has 116 valence electrons. The summed E-state index contributed by atoms with van der Waals surface area (Å²) in [4.78, 5) is 39.0. The van der Waals surface area contributed by atoms with E-state index >= 15 is 0 Å². The van der Waals surface area contributed by atoms with Gasteiger partial charge in [0, 0.05) is 13.5 Å². The Morgan fingerprint density at radius 2 is 2.00 bits per heavy atom. The Kier molecular flexibility index (Phi) is 6.80. The van der Waals surface area contributed by atoms with Crippen molar-refractivity contribution in [3.8, 4) is 0 Å². The molecule has 8 heteroatoms. The van der Waals surface area contributed by atoms with Crippen molar-refractivity contribution in [3.63, 3.8) is 0 Å². The van der Waals surface area contributed by atoms with Crippen LogP contribution in [-0.4, -0.2) is 42.3 Å². The van der Waals surface area contributed by atoms with Crippen LogP contribution in [0.25, 0.3) is 0 Å². The zero-order chi connectivity index (χ0) is 15.8. The monoisotopic (exact) mass is 313 g/mol.